The average molecular weight is 448 g/mol. The van der Waals surface area contributed by atoms with Crippen LogP contribution < -0.4 is 20.8 Å². The number of nitrogens with one attached hydrogen (secondary N) is 2. The van der Waals surface area contributed by atoms with Crippen molar-refractivity contribution in [2.24, 2.45) is 0 Å². The molecule has 1 amide bonds. The first-order chi connectivity index (χ1) is 12.4. The molecule has 0 heterocycles. The van der Waals surface area contributed by atoms with E-state index in [1.165, 1.54) is 0 Å². The van der Waals surface area contributed by atoms with E-state index in [1.54, 1.807) is 24.3 Å². The fourth-order valence-electron chi connectivity index (χ4n) is 1.28. The summed E-state index contributed by atoms with van der Waals surface area (Å²) in [6, 6.07) is 6.84. The Balaban J connectivity index is 0.000000896. The molecule has 0 aromatic heterocycles. The van der Waals surface area contributed by atoms with Gasteiger partial charge in [0.15, 0.2) is 6.61 Å². The summed E-state index contributed by atoms with van der Waals surface area (Å²) >= 11 is 9.14. The maximum absolute atomic E-state index is 11.4. The number of alkyl halides is 1. The van der Waals surface area contributed by atoms with E-state index in [-0.39, 0.29) is 6.61 Å². The Bertz CT molecular complexity index is 648. The Morgan fingerprint density at radius 2 is 1.88 bits per heavy atom. The third kappa shape index (κ3) is 14.1. The maximum Gasteiger partial charge on any atom is 0.412 e. The van der Waals surface area contributed by atoms with Gasteiger partial charge in [0.25, 0.3) is 0 Å². The molecule has 8 nitrogen and oxygen atoms in total. The number of hydrogen-bond acceptors (Lipinski definition) is 7. The van der Waals surface area contributed by atoms with Crippen LogP contribution in [-0.2, 0) is 14.3 Å². The van der Waals surface area contributed by atoms with Crippen LogP contribution in [0.25, 0.3) is 0 Å². The van der Waals surface area contributed by atoms with Crippen molar-refractivity contribution in [3.8, 4) is 11.8 Å². The lowest BCUT2D eigenvalue weighted by Crippen LogP contribution is -2.42. The van der Waals surface area contributed by atoms with Gasteiger partial charge in [-0.2, -0.15) is 0 Å². The Morgan fingerprint density at radius 1 is 1.19 bits per heavy atom. The van der Waals surface area contributed by atoms with E-state index in [4.69, 9.17) is 36.1 Å². The number of benzene rings is 1. The minimum atomic E-state index is -2.19. The Labute approximate surface area is 164 Å². The number of hydrogen-bond donors (Lipinski definition) is 2. The summed E-state index contributed by atoms with van der Waals surface area (Å²) in [5, 5.41) is 25.1. The Hall–Kier alpha value is -2.28. The van der Waals surface area contributed by atoms with Gasteiger partial charge in [0.05, 0.1) is 18.5 Å². The fraction of sp³-hybridized carbons (Fsp3) is 0.312. The van der Waals surface area contributed by atoms with Crippen LogP contribution in [0, 0.1) is 11.8 Å². The van der Waals surface area contributed by atoms with Crippen LogP contribution >= 0.6 is 27.5 Å². The monoisotopic (exact) mass is 446 g/mol. The highest BCUT2D eigenvalue weighted by atomic mass is 79.9. The van der Waals surface area contributed by atoms with E-state index < -0.39 is 18.0 Å². The Morgan fingerprint density at radius 3 is 2.46 bits per heavy atom. The number of carbonyl (C=O) groups is 3. The number of anilines is 1. The molecule has 0 aliphatic carbocycles. The second-order valence-electron chi connectivity index (χ2n) is 4.36. The predicted octanol–water partition coefficient (Wildman–Crippen LogP) is -0.247. The molecule has 0 fully saturated rings. The van der Waals surface area contributed by atoms with E-state index >= 15 is 0 Å². The number of carbonyl (C=O) groups excluding carboxylic acids is 3. The molecule has 1 rings (SSSR count). The largest absolute Gasteiger partial charge is 0.543 e. The fourth-order valence-corrected chi connectivity index (χ4v) is 1.75. The van der Waals surface area contributed by atoms with Gasteiger partial charge in [-0.15, -0.1) is 0 Å². The van der Waals surface area contributed by atoms with E-state index in [0.29, 0.717) is 17.3 Å². The average Bonchev–Trinajstić information content (AvgIpc) is 2.57. The van der Waals surface area contributed by atoms with Crippen LogP contribution in [-0.4, -0.2) is 43.1 Å². The molecule has 0 saturated carbocycles. The van der Waals surface area contributed by atoms with Crippen molar-refractivity contribution >= 4 is 51.3 Å². The van der Waals surface area contributed by atoms with Gasteiger partial charge < -0.3 is 29.9 Å². The summed E-state index contributed by atoms with van der Waals surface area (Å²) in [6.45, 7) is 1.56. The summed E-state index contributed by atoms with van der Waals surface area (Å²) in [7, 11) is 0. The summed E-state index contributed by atoms with van der Waals surface area (Å²) in [5.74, 6) is 1.26. The van der Waals surface area contributed by atoms with Crippen molar-refractivity contribution in [2.75, 3.05) is 30.3 Å². The first-order valence-corrected chi connectivity index (χ1v) is 8.70. The van der Waals surface area contributed by atoms with Gasteiger partial charge in [0, 0.05) is 16.0 Å². The summed E-state index contributed by atoms with van der Waals surface area (Å²) in [6.07, 6.45) is 0.508. The first kappa shape index (κ1) is 23.7. The number of carboxylic acid groups (broad SMARTS) is 2. The highest BCUT2D eigenvalue weighted by Crippen LogP contribution is 2.14. The number of rotatable bonds is 6. The summed E-state index contributed by atoms with van der Waals surface area (Å²) in [5.41, 5.74) is 0.590. The molecule has 2 N–H and O–H groups in total. The molecule has 0 saturated heterocycles. The van der Waals surface area contributed by atoms with Crippen LogP contribution in [0.4, 0.5) is 10.5 Å². The van der Waals surface area contributed by atoms with Crippen molar-refractivity contribution in [1.29, 1.82) is 0 Å². The van der Waals surface area contributed by atoms with Gasteiger partial charge in [-0.25, -0.2) is 4.79 Å². The zero-order valence-electron chi connectivity index (χ0n) is 13.6. The van der Waals surface area contributed by atoms with Crippen LogP contribution in [0.2, 0.25) is 5.02 Å². The van der Waals surface area contributed by atoms with Crippen LogP contribution in [0.1, 0.15) is 6.42 Å². The molecular formula is C16H16BrClN2O6-2. The standard InChI is InChI=1S/C14H16BrClN2O2.C2H2O4/c15-7-4-9-17-8-1-2-10-20-14(19)18-13-6-3-5-12(16)11-13;3-1(4)2(5)6/h3,5-6,11,17H,4,7-10H2,(H,18,19);(H,3,4)(H,5,6)/p-2. The van der Waals surface area contributed by atoms with E-state index in [2.05, 4.69) is 38.4 Å². The molecule has 0 aliphatic heterocycles. The second-order valence-corrected chi connectivity index (χ2v) is 5.59. The molecule has 1 aromatic rings. The normalized spacial score (nSPS) is 9.00. The molecule has 0 radical (unpaired) electrons. The second kappa shape index (κ2) is 15.0. The van der Waals surface area contributed by atoms with Gasteiger partial charge in [-0.05, 0) is 31.2 Å². The van der Waals surface area contributed by atoms with Gasteiger partial charge in [0.1, 0.15) is 0 Å². The Kier molecular flexibility index (Phi) is 13.7. The molecular weight excluding hydrogens is 432 g/mol. The van der Waals surface area contributed by atoms with Gasteiger partial charge in [0.2, 0.25) is 0 Å². The number of aliphatic carboxylic acids is 2. The molecule has 0 bridgehead atoms. The van der Waals surface area contributed by atoms with Gasteiger partial charge >= 0.3 is 6.09 Å². The smallest absolute Gasteiger partial charge is 0.412 e. The highest BCUT2D eigenvalue weighted by molar-refractivity contribution is 9.09. The lowest BCUT2D eigenvalue weighted by Gasteiger charge is -2.04. The van der Waals surface area contributed by atoms with Crippen molar-refractivity contribution in [2.45, 2.75) is 6.42 Å². The zero-order chi connectivity index (χ0) is 19.8. The molecule has 142 valence electrons. The number of ether oxygens (including phenoxy) is 1. The number of amides is 1. The maximum atomic E-state index is 11.4. The molecule has 0 spiro atoms. The van der Waals surface area contributed by atoms with Crippen LogP contribution in [0.15, 0.2) is 24.3 Å². The van der Waals surface area contributed by atoms with Gasteiger partial charge in [-0.3, -0.25) is 5.32 Å². The lowest BCUT2D eigenvalue weighted by atomic mass is 10.3. The minimum Gasteiger partial charge on any atom is -0.543 e. The van der Waals surface area contributed by atoms with Crippen molar-refractivity contribution in [1.82, 2.24) is 5.32 Å². The van der Waals surface area contributed by atoms with Gasteiger partial charge in [-0.1, -0.05) is 45.4 Å². The molecule has 0 unspecified atom stereocenters. The SMILES string of the molecule is O=C(Nc1cccc(Cl)c1)OCC#CCNCCCBr.O=C([O-])C(=O)[O-]. The van der Waals surface area contributed by atoms with E-state index in [9.17, 15) is 4.79 Å². The van der Waals surface area contributed by atoms with Crippen molar-refractivity contribution in [3.05, 3.63) is 29.3 Å². The van der Waals surface area contributed by atoms with E-state index in [0.717, 1.165) is 18.3 Å². The molecule has 10 heteroatoms. The third-order valence-corrected chi connectivity index (χ3v) is 3.13. The quantitative estimate of drug-likeness (QED) is 0.266. The molecule has 0 aliphatic rings. The predicted molar refractivity (Wildman–Crippen MR) is 95.5 cm³/mol. The summed E-state index contributed by atoms with van der Waals surface area (Å²) < 4.78 is 4.91. The topological polar surface area (TPSA) is 131 Å². The van der Waals surface area contributed by atoms with Crippen molar-refractivity contribution in [3.63, 3.8) is 0 Å². The lowest BCUT2D eigenvalue weighted by molar-refractivity contribution is -0.345. The third-order valence-electron chi connectivity index (χ3n) is 2.34. The van der Waals surface area contributed by atoms with Crippen LogP contribution in [0.3, 0.4) is 0 Å². The molecule has 0 atom stereocenters. The number of halogens is 2. The highest BCUT2D eigenvalue weighted by Gasteiger charge is 2.01. The van der Waals surface area contributed by atoms with Crippen molar-refractivity contribution < 1.29 is 29.3 Å². The minimum absolute atomic E-state index is 0.0620. The first-order valence-electron chi connectivity index (χ1n) is 7.21. The molecule has 1 aromatic carbocycles. The zero-order valence-corrected chi connectivity index (χ0v) is 15.9. The molecule has 26 heavy (non-hydrogen) atoms. The summed E-state index contributed by atoms with van der Waals surface area (Å²) in [4.78, 5) is 29.3. The van der Waals surface area contributed by atoms with E-state index in [1.807, 2.05) is 0 Å². The van der Waals surface area contributed by atoms with Crippen LogP contribution in [0.5, 0.6) is 0 Å². The number of carboxylic acids is 2.